The molecule has 7 nitrogen and oxygen atoms in total. The number of carbonyl (C=O) groups excluding carboxylic acids is 1. The van der Waals surface area contributed by atoms with Gasteiger partial charge in [-0.05, 0) is 44.0 Å². The first-order valence-electron chi connectivity index (χ1n) is 7.98. The van der Waals surface area contributed by atoms with Crippen LogP contribution in [-0.2, 0) is 4.84 Å². The number of benzene rings is 1. The first-order valence-corrected chi connectivity index (χ1v) is 7.98. The van der Waals surface area contributed by atoms with E-state index in [1.807, 2.05) is 32.0 Å². The Bertz CT molecular complexity index is 957. The number of amidine groups is 1. The number of nitrogens with two attached hydrogens (primary N) is 1. The molecule has 0 unspecified atom stereocenters. The molecular formula is C19H18N4O3. The number of hydrogen-bond donors (Lipinski definition) is 1. The summed E-state index contributed by atoms with van der Waals surface area (Å²) in [6.07, 6.45) is 1.57. The van der Waals surface area contributed by atoms with Gasteiger partial charge in [0.2, 0.25) is 0 Å². The van der Waals surface area contributed by atoms with E-state index in [0.29, 0.717) is 17.1 Å². The molecule has 2 N–H and O–H groups in total. The van der Waals surface area contributed by atoms with Crippen molar-refractivity contribution >= 4 is 11.8 Å². The van der Waals surface area contributed by atoms with Crippen molar-refractivity contribution in [2.24, 2.45) is 10.9 Å². The summed E-state index contributed by atoms with van der Waals surface area (Å²) in [5, 5.41) is 7.73. The molecule has 0 bridgehead atoms. The van der Waals surface area contributed by atoms with Crippen LogP contribution in [0.15, 0.2) is 52.3 Å². The van der Waals surface area contributed by atoms with Crippen LogP contribution >= 0.6 is 0 Å². The third-order valence-corrected chi connectivity index (χ3v) is 3.94. The molecule has 132 valence electrons. The van der Waals surface area contributed by atoms with Crippen molar-refractivity contribution in [1.29, 1.82) is 0 Å². The molecule has 0 aliphatic rings. The van der Waals surface area contributed by atoms with Crippen molar-refractivity contribution in [3.63, 3.8) is 0 Å². The number of nitrogens with zero attached hydrogens (tertiary/aromatic N) is 3. The third-order valence-electron chi connectivity index (χ3n) is 3.94. The van der Waals surface area contributed by atoms with Gasteiger partial charge >= 0.3 is 5.97 Å². The number of aromatic nitrogens is 2. The summed E-state index contributed by atoms with van der Waals surface area (Å²) in [6.45, 7) is 5.53. The fourth-order valence-corrected chi connectivity index (χ4v) is 2.67. The van der Waals surface area contributed by atoms with E-state index in [4.69, 9.17) is 15.1 Å². The highest BCUT2D eigenvalue weighted by Gasteiger charge is 2.25. The fourth-order valence-electron chi connectivity index (χ4n) is 2.67. The Morgan fingerprint density at radius 1 is 1.12 bits per heavy atom. The Morgan fingerprint density at radius 3 is 2.50 bits per heavy atom. The maximum absolute atomic E-state index is 12.6. The predicted molar refractivity (Wildman–Crippen MR) is 96.5 cm³/mol. The molecule has 1 aromatic carbocycles. The van der Waals surface area contributed by atoms with Crippen LogP contribution in [0.1, 0.15) is 32.9 Å². The van der Waals surface area contributed by atoms with Crippen LogP contribution in [0, 0.1) is 20.8 Å². The minimum Gasteiger partial charge on any atom is -0.379 e. The molecule has 3 rings (SSSR count). The van der Waals surface area contributed by atoms with Crippen molar-refractivity contribution < 1.29 is 14.2 Å². The quantitative estimate of drug-likeness (QED) is 0.335. The van der Waals surface area contributed by atoms with E-state index in [2.05, 4.69) is 15.3 Å². The molecule has 0 aliphatic heterocycles. The average Bonchev–Trinajstić information content (AvgIpc) is 3.01. The maximum atomic E-state index is 12.6. The van der Waals surface area contributed by atoms with Gasteiger partial charge in [0.05, 0.1) is 0 Å². The second-order valence-corrected chi connectivity index (χ2v) is 5.80. The van der Waals surface area contributed by atoms with Crippen LogP contribution in [0.25, 0.3) is 11.3 Å². The largest absolute Gasteiger partial charge is 0.379 e. The van der Waals surface area contributed by atoms with Gasteiger partial charge in [0, 0.05) is 11.8 Å². The smallest absolute Gasteiger partial charge is 0.371 e. The first kappa shape index (κ1) is 17.3. The molecule has 0 radical (unpaired) electrons. The summed E-state index contributed by atoms with van der Waals surface area (Å²) in [7, 11) is 0. The number of pyridine rings is 1. The van der Waals surface area contributed by atoms with Gasteiger partial charge in [0.25, 0.3) is 0 Å². The Balaban J connectivity index is 1.93. The highest BCUT2D eigenvalue weighted by molar-refractivity contribution is 5.99. The second kappa shape index (κ2) is 7.18. The van der Waals surface area contributed by atoms with E-state index in [9.17, 15) is 4.79 Å². The van der Waals surface area contributed by atoms with Crippen LogP contribution < -0.4 is 5.73 Å². The maximum Gasteiger partial charge on any atom is 0.371 e. The summed E-state index contributed by atoms with van der Waals surface area (Å²) in [5.74, 6) is -0.346. The SMILES string of the molecule is Cc1cccc(C)c1-c1noc(C)c1C(=O)O/N=C(\N)c1ccccn1. The van der Waals surface area contributed by atoms with Crippen molar-refractivity contribution in [3.8, 4) is 11.3 Å². The Kier molecular flexibility index (Phi) is 4.79. The molecule has 26 heavy (non-hydrogen) atoms. The van der Waals surface area contributed by atoms with Gasteiger partial charge in [0.1, 0.15) is 22.7 Å². The van der Waals surface area contributed by atoms with Crippen molar-refractivity contribution in [2.45, 2.75) is 20.8 Å². The van der Waals surface area contributed by atoms with Gasteiger partial charge in [-0.1, -0.05) is 34.6 Å². The van der Waals surface area contributed by atoms with E-state index in [0.717, 1.165) is 16.7 Å². The van der Waals surface area contributed by atoms with Crippen LogP contribution in [-0.4, -0.2) is 21.9 Å². The van der Waals surface area contributed by atoms with Crippen molar-refractivity contribution in [1.82, 2.24) is 10.1 Å². The normalized spacial score (nSPS) is 11.4. The highest BCUT2D eigenvalue weighted by Crippen LogP contribution is 2.31. The van der Waals surface area contributed by atoms with E-state index in [1.54, 1.807) is 31.3 Å². The van der Waals surface area contributed by atoms with Gasteiger partial charge in [-0.2, -0.15) is 0 Å². The molecule has 0 saturated heterocycles. The summed E-state index contributed by atoms with van der Waals surface area (Å²) in [6, 6.07) is 11.0. The lowest BCUT2D eigenvalue weighted by Crippen LogP contribution is -2.17. The Labute approximate surface area is 150 Å². The molecule has 0 fully saturated rings. The summed E-state index contributed by atoms with van der Waals surface area (Å²) >= 11 is 0. The molecule has 2 aromatic heterocycles. The summed E-state index contributed by atoms with van der Waals surface area (Å²) < 4.78 is 5.23. The van der Waals surface area contributed by atoms with Crippen LogP contribution in [0.2, 0.25) is 0 Å². The van der Waals surface area contributed by atoms with Crippen LogP contribution in [0.4, 0.5) is 0 Å². The molecule has 0 atom stereocenters. The van der Waals surface area contributed by atoms with Gasteiger partial charge in [0.15, 0.2) is 5.84 Å². The number of carbonyl (C=O) groups is 1. The standard InChI is InChI=1S/C19H18N4O3/c1-11-7-6-8-12(2)15(11)17-16(13(3)25-22-17)19(24)26-23-18(20)14-9-4-5-10-21-14/h4-10H,1-3H3,(H2,20,23). The lowest BCUT2D eigenvalue weighted by molar-refractivity contribution is 0.0515. The number of oxime groups is 1. The van der Waals surface area contributed by atoms with Gasteiger partial charge in [-0.3, -0.25) is 4.98 Å². The molecular weight excluding hydrogens is 332 g/mol. The van der Waals surface area contributed by atoms with E-state index >= 15 is 0 Å². The number of rotatable bonds is 4. The molecule has 0 aliphatic carbocycles. The topological polar surface area (TPSA) is 104 Å². The van der Waals surface area contributed by atoms with Crippen molar-refractivity contribution in [2.75, 3.05) is 0 Å². The Hall–Kier alpha value is -3.48. The monoisotopic (exact) mass is 350 g/mol. The number of hydrogen-bond acceptors (Lipinski definition) is 6. The van der Waals surface area contributed by atoms with Gasteiger partial charge < -0.3 is 15.1 Å². The zero-order valence-electron chi connectivity index (χ0n) is 14.7. The molecule has 0 spiro atoms. The molecule has 7 heteroatoms. The zero-order chi connectivity index (χ0) is 18.7. The van der Waals surface area contributed by atoms with Crippen LogP contribution in [0.3, 0.4) is 0 Å². The minimum atomic E-state index is -0.694. The lowest BCUT2D eigenvalue weighted by atomic mass is 9.97. The Morgan fingerprint density at radius 2 is 1.85 bits per heavy atom. The van der Waals surface area contributed by atoms with Crippen molar-refractivity contribution in [3.05, 3.63) is 70.7 Å². The van der Waals surface area contributed by atoms with Crippen LogP contribution in [0.5, 0.6) is 0 Å². The third kappa shape index (κ3) is 3.32. The molecule has 3 aromatic rings. The zero-order valence-corrected chi connectivity index (χ0v) is 14.7. The summed E-state index contributed by atoms with van der Waals surface area (Å²) in [5.41, 5.74) is 9.65. The molecule has 0 saturated carbocycles. The lowest BCUT2D eigenvalue weighted by Gasteiger charge is -2.07. The van der Waals surface area contributed by atoms with Gasteiger partial charge in [-0.25, -0.2) is 4.79 Å². The van der Waals surface area contributed by atoms with E-state index in [-0.39, 0.29) is 11.4 Å². The average molecular weight is 350 g/mol. The molecule has 0 amide bonds. The minimum absolute atomic E-state index is 0.00155. The first-order chi connectivity index (χ1) is 12.5. The summed E-state index contributed by atoms with van der Waals surface area (Å²) in [4.78, 5) is 21.6. The second-order valence-electron chi connectivity index (χ2n) is 5.80. The van der Waals surface area contributed by atoms with Gasteiger partial charge in [-0.15, -0.1) is 0 Å². The predicted octanol–water partition coefficient (Wildman–Crippen LogP) is 3.14. The van der Waals surface area contributed by atoms with E-state index < -0.39 is 5.97 Å². The fraction of sp³-hybridized carbons (Fsp3) is 0.158. The highest BCUT2D eigenvalue weighted by atomic mass is 16.7. The number of aryl methyl sites for hydroxylation is 3. The molecule has 2 heterocycles. The van der Waals surface area contributed by atoms with E-state index in [1.165, 1.54) is 0 Å².